The second-order valence-corrected chi connectivity index (χ2v) is 3.67. The highest BCUT2D eigenvalue weighted by Gasteiger charge is 1.96. The number of nitrogens with zero attached hydrogens (tertiary/aromatic N) is 1. The Bertz CT molecular complexity index is 449. The Morgan fingerprint density at radius 3 is 2.53 bits per heavy atom. The van der Waals surface area contributed by atoms with Gasteiger partial charge in [0.1, 0.15) is 0 Å². The largest absolute Gasteiger partial charge is 0.354 e. The average Bonchev–Trinajstić information content (AvgIpc) is 2.25. The minimum absolute atomic E-state index is 1.01. The zero-order valence-electron chi connectivity index (χ0n) is 8.99. The molecule has 0 amide bonds. The van der Waals surface area contributed by atoms with Gasteiger partial charge >= 0.3 is 0 Å². The number of pyridine rings is 1. The van der Waals surface area contributed by atoms with Crippen molar-refractivity contribution in [1.29, 1.82) is 0 Å². The second kappa shape index (κ2) is 4.13. The first-order valence-corrected chi connectivity index (χ1v) is 5.00. The fourth-order valence-electron chi connectivity index (χ4n) is 1.42. The van der Waals surface area contributed by atoms with Crippen molar-refractivity contribution in [2.24, 2.45) is 0 Å². The van der Waals surface area contributed by atoms with E-state index in [4.69, 9.17) is 0 Å². The first-order chi connectivity index (χ1) is 7.25. The number of hydrogen-bond donors (Lipinski definition) is 1. The molecule has 0 aliphatic carbocycles. The molecule has 15 heavy (non-hydrogen) atoms. The van der Waals surface area contributed by atoms with Crippen LogP contribution in [-0.4, -0.2) is 4.98 Å². The molecule has 0 spiro atoms. The zero-order valence-corrected chi connectivity index (χ0v) is 8.99. The van der Waals surface area contributed by atoms with Crippen LogP contribution in [0.1, 0.15) is 11.1 Å². The summed E-state index contributed by atoms with van der Waals surface area (Å²) >= 11 is 0. The summed E-state index contributed by atoms with van der Waals surface area (Å²) in [4.78, 5) is 4.06. The molecule has 0 bridgehead atoms. The van der Waals surface area contributed by atoms with Crippen LogP contribution in [0.15, 0.2) is 42.7 Å². The van der Waals surface area contributed by atoms with Crippen molar-refractivity contribution in [2.45, 2.75) is 13.8 Å². The number of anilines is 2. The normalized spacial score (nSPS) is 10.0. The van der Waals surface area contributed by atoms with Gasteiger partial charge in [0, 0.05) is 11.9 Å². The molecule has 0 fully saturated rings. The Balaban J connectivity index is 2.22. The van der Waals surface area contributed by atoms with Crippen molar-refractivity contribution in [3.05, 3.63) is 53.9 Å². The number of hydrogen-bond acceptors (Lipinski definition) is 2. The molecular weight excluding hydrogens is 184 g/mol. The van der Waals surface area contributed by atoms with Gasteiger partial charge in [0.25, 0.3) is 0 Å². The molecule has 0 aliphatic rings. The molecule has 0 saturated heterocycles. The van der Waals surface area contributed by atoms with Crippen molar-refractivity contribution < 1.29 is 0 Å². The fraction of sp³-hybridized carbons (Fsp3) is 0.154. The lowest BCUT2D eigenvalue weighted by molar-refractivity contribution is 1.31. The van der Waals surface area contributed by atoms with Crippen molar-refractivity contribution >= 4 is 11.4 Å². The molecule has 0 aliphatic heterocycles. The summed E-state index contributed by atoms with van der Waals surface area (Å²) in [6, 6.07) is 10.3. The Morgan fingerprint density at radius 2 is 1.87 bits per heavy atom. The van der Waals surface area contributed by atoms with Crippen molar-refractivity contribution in [3.63, 3.8) is 0 Å². The molecular formula is C13H14N2. The van der Waals surface area contributed by atoms with Crippen LogP contribution in [0.3, 0.4) is 0 Å². The quantitative estimate of drug-likeness (QED) is 0.799. The van der Waals surface area contributed by atoms with Gasteiger partial charge in [-0.2, -0.15) is 0 Å². The lowest BCUT2D eigenvalue weighted by Crippen LogP contribution is -1.91. The van der Waals surface area contributed by atoms with Crippen molar-refractivity contribution in [3.8, 4) is 0 Å². The number of rotatable bonds is 2. The molecule has 1 aromatic heterocycles. The second-order valence-electron chi connectivity index (χ2n) is 3.67. The van der Waals surface area contributed by atoms with Gasteiger partial charge in [-0.1, -0.05) is 6.07 Å². The van der Waals surface area contributed by atoms with E-state index in [0.717, 1.165) is 11.4 Å². The van der Waals surface area contributed by atoms with Crippen LogP contribution in [0.25, 0.3) is 0 Å². The Morgan fingerprint density at radius 1 is 1.00 bits per heavy atom. The highest BCUT2D eigenvalue weighted by atomic mass is 14.9. The summed E-state index contributed by atoms with van der Waals surface area (Å²) in [5.74, 6) is 0. The van der Waals surface area contributed by atoms with Gasteiger partial charge in [-0.05, 0) is 49.2 Å². The molecule has 1 heterocycles. The predicted molar refractivity (Wildman–Crippen MR) is 63.4 cm³/mol. The molecule has 0 saturated carbocycles. The van der Waals surface area contributed by atoms with Crippen LogP contribution >= 0.6 is 0 Å². The topological polar surface area (TPSA) is 24.9 Å². The van der Waals surface area contributed by atoms with E-state index in [0.29, 0.717) is 0 Å². The van der Waals surface area contributed by atoms with Gasteiger partial charge in [0.15, 0.2) is 0 Å². The van der Waals surface area contributed by atoms with Crippen LogP contribution in [0.4, 0.5) is 11.4 Å². The molecule has 2 aromatic rings. The summed E-state index contributed by atoms with van der Waals surface area (Å²) < 4.78 is 0. The lowest BCUT2D eigenvalue weighted by Gasteiger charge is -2.07. The Labute approximate surface area is 90.0 Å². The van der Waals surface area contributed by atoms with E-state index < -0.39 is 0 Å². The van der Waals surface area contributed by atoms with Gasteiger partial charge in [0.2, 0.25) is 0 Å². The van der Waals surface area contributed by atoms with Gasteiger partial charge in [0.05, 0.1) is 11.9 Å². The maximum Gasteiger partial charge on any atom is 0.0570 e. The van der Waals surface area contributed by atoms with Crippen molar-refractivity contribution in [1.82, 2.24) is 4.98 Å². The summed E-state index contributed by atoms with van der Waals surface area (Å²) in [5.41, 5.74) is 4.72. The summed E-state index contributed by atoms with van der Waals surface area (Å²) in [7, 11) is 0. The molecule has 2 nitrogen and oxygen atoms in total. The van der Waals surface area contributed by atoms with Crippen molar-refractivity contribution in [2.75, 3.05) is 5.32 Å². The molecule has 0 atom stereocenters. The van der Waals surface area contributed by atoms with Gasteiger partial charge < -0.3 is 5.32 Å². The van der Waals surface area contributed by atoms with E-state index in [9.17, 15) is 0 Å². The van der Waals surface area contributed by atoms with E-state index in [-0.39, 0.29) is 0 Å². The Hall–Kier alpha value is -1.83. The van der Waals surface area contributed by atoms with E-state index >= 15 is 0 Å². The monoisotopic (exact) mass is 198 g/mol. The SMILES string of the molecule is Cc1ccc(Nc2cccnc2)cc1C. The highest BCUT2D eigenvalue weighted by molar-refractivity contribution is 5.59. The third-order valence-electron chi connectivity index (χ3n) is 2.46. The van der Waals surface area contributed by atoms with Crippen LogP contribution in [0.2, 0.25) is 0 Å². The van der Waals surface area contributed by atoms with Crippen LogP contribution < -0.4 is 5.32 Å². The van der Waals surface area contributed by atoms with Crippen LogP contribution in [0.5, 0.6) is 0 Å². The number of benzene rings is 1. The minimum Gasteiger partial charge on any atom is -0.354 e. The van der Waals surface area contributed by atoms with Crippen LogP contribution in [-0.2, 0) is 0 Å². The van der Waals surface area contributed by atoms with E-state index in [1.165, 1.54) is 11.1 Å². The highest BCUT2D eigenvalue weighted by Crippen LogP contribution is 2.18. The van der Waals surface area contributed by atoms with Crippen LogP contribution in [0, 0.1) is 13.8 Å². The first-order valence-electron chi connectivity index (χ1n) is 5.00. The fourth-order valence-corrected chi connectivity index (χ4v) is 1.42. The molecule has 2 rings (SSSR count). The first kappa shape index (κ1) is 9.71. The summed E-state index contributed by atoms with van der Waals surface area (Å²) in [6.45, 7) is 4.23. The maximum atomic E-state index is 4.06. The summed E-state index contributed by atoms with van der Waals surface area (Å²) in [6.07, 6.45) is 3.58. The van der Waals surface area contributed by atoms with E-state index in [1.54, 1.807) is 6.20 Å². The predicted octanol–water partition coefficient (Wildman–Crippen LogP) is 3.44. The minimum atomic E-state index is 1.01. The van der Waals surface area contributed by atoms with Gasteiger partial charge in [-0.15, -0.1) is 0 Å². The molecule has 1 N–H and O–H groups in total. The zero-order chi connectivity index (χ0) is 10.7. The molecule has 0 radical (unpaired) electrons. The molecule has 0 unspecified atom stereocenters. The van der Waals surface area contributed by atoms with Gasteiger partial charge in [-0.3, -0.25) is 4.98 Å². The summed E-state index contributed by atoms with van der Waals surface area (Å²) in [5, 5.41) is 3.31. The van der Waals surface area contributed by atoms with E-state index in [2.05, 4.69) is 42.3 Å². The van der Waals surface area contributed by atoms with E-state index in [1.807, 2.05) is 18.3 Å². The molecule has 76 valence electrons. The number of aryl methyl sites for hydroxylation is 2. The number of nitrogens with one attached hydrogen (secondary N) is 1. The number of aromatic nitrogens is 1. The van der Waals surface area contributed by atoms with Gasteiger partial charge in [-0.25, -0.2) is 0 Å². The third-order valence-corrected chi connectivity index (χ3v) is 2.46. The third kappa shape index (κ3) is 2.34. The molecule has 1 aromatic carbocycles. The average molecular weight is 198 g/mol. The smallest absolute Gasteiger partial charge is 0.0570 e. The molecule has 2 heteroatoms. The lowest BCUT2D eigenvalue weighted by atomic mass is 10.1. The standard InChI is InChI=1S/C13H14N2/c1-10-5-6-12(8-11(10)2)15-13-4-3-7-14-9-13/h3-9,15H,1-2H3. The maximum absolute atomic E-state index is 4.06. The Kier molecular flexibility index (Phi) is 2.68.